The van der Waals surface area contributed by atoms with Crippen LogP contribution in [0, 0.1) is 20.8 Å². The molecule has 5 heterocycles. The second kappa shape index (κ2) is 17.4. The number of piperazine rings is 1. The number of imide groups is 2. The number of amides is 5. The van der Waals surface area contributed by atoms with Crippen LogP contribution >= 0.6 is 0 Å². The highest BCUT2D eigenvalue weighted by atomic mass is 16.5. The van der Waals surface area contributed by atoms with Gasteiger partial charge in [-0.1, -0.05) is 54.6 Å². The number of carbonyl (C=O) groups excluding carboxylic acids is 5. The summed E-state index contributed by atoms with van der Waals surface area (Å²) in [6, 6.07) is 21.7. The van der Waals surface area contributed by atoms with Crippen molar-refractivity contribution in [3.05, 3.63) is 112 Å². The highest BCUT2D eigenvalue weighted by Crippen LogP contribution is 2.45. The predicted molar refractivity (Wildman–Crippen MR) is 252 cm³/mol. The lowest BCUT2D eigenvalue weighted by atomic mass is 9.94. The minimum Gasteiger partial charge on any atom is -0.493 e. The van der Waals surface area contributed by atoms with Crippen LogP contribution in [0.15, 0.2) is 72.8 Å². The van der Waals surface area contributed by atoms with Gasteiger partial charge in [0.2, 0.25) is 11.8 Å². The largest absolute Gasteiger partial charge is 0.493 e. The summed E-state index contributed by atoms with van der Waals surface area (Å²) in [5.74, 6) is -2.93. The molecule has 10 rings (SSSR count). The molecule has 1 saturated carbocycles. The van der Waals surface area contributed by atoms with E-state index < -0.39 is 35.6 Å². The minimum absolute atomic E-state index is 0.000595. The second-order valence-electron chi connectivity index (χ2n) is 18.5. The van der Waals surface area contributed by atoms with Crippen molar-refractivity contribution in [2.24, 2.45) is 7.05 Å². The fraction of sp³-hybridized carbons (Fsp3) is 0.365. The normalized spacial score (nSPS) is 17.9. The Bertz CT molecular complexity index is 3100. The molecule has 16 heteroatoms. The standard InChI is InChI=1S/C52H53N7O9/c1-30-17-18-36-35(14-9-27-67-39-15-7-11-33-10-5-6-12-34(33)39)47(51(65)66)58(46(36)43(30)44-31(2)54-55(4)32(44)3)26-25-57-24-23-56(29-52(57)21-22-52)42(61)28-68-40-16-8-13-37-45(40)50(64)59(49(37)63)38-19-20-41(60)53-48(38)62/h5-8,10-13,15-18,38H,9,14,19-29H2,1-4H3,(H,65,66)(H,53,60,62). The number of aromatic carboxylic acids is 1. The third-order valence-corrected chi connectivity index (χ3v) is 14.4. The van der Waals surface area contributed by atoms with Gasteiger partial charge in [-0.3, -0.25) is 43.8 Å². The lowest BCUT2D eigenvalue weighted by Gasteiger charge is -2.42. The van der Waals surface area contributed by atoms with Gasteiger partial charge in [-0.2, -0.15) is 5.10 Å². The summed E-state index contributed by atoms with van der Waals surface area (Å²) in [5, 5.41) is 21.1. The van der Waals surface area contributed by atoms with Gasteiger partial charge >= 0.3 is 5.97 Å². The molecule has 3 aliphatic heterocycles. The third kappa shape index (κ3) is 7.65. The quantitative estimate of drug-likeness (QED) is 0.0967. The summed E-state index contributed by atoms with van der Waals surface area (Å²) in [4.78, 5) is 83.8. The summed E-state index contributed by atoms with van der Waals surface area (Å²) in [6.45, 7) is 8.53. The van der Waals surface area contributed by atoms with E-state index >= 15 is 0 Å². The molecule has 2 saturated heterocycles. The maximum atomic E-state index is 13.8. The minimum atomic E-state index is -1.12. The molecule has 0 radical (unpaired) electrons. The van der Waals surface area contributed by atoms with E-state index in [4.69, 9.17) is 14.6 Å². The number of fused-ring (bicyclic) bond motifs is 3. The summed E-state index contributed by atoms with van der Waals surface area (Å²) in [5.41, 5.74) is 6.52. The number of hydrogen-bond donors (Lipinski definition) is 2. The van der Waals surface area contributed by atoms with Gasteiger partial charge in [-0.15, -0.1) is 0 Å². The van der Waals surface area contributed by atoms with Gasteiger partial charge in [0.15, 0.2) is 6.61 Å². The number of benzene rings is 4. The van der Waals surface area contributed by atoms with Crippen LogP contribution < -0.4 is 14.8 Å². The topological polar surface area (TPSA) is 186 Å². The van der Waals surface area contributed by atoms with Gasteiger partial charge in [0.25, 0.3) is 17.7 Å². The fourth-order valence-electron chi connectivity index (χ4n) is 10.8. The number of aryl methyl sites for hydroxylation is 4. The zero-order valence-electron chi connectivity index (χ0n) is 38.6. The molecule has 1 aliphatic carbocycles. The Kier molecular flexibility index (Phi) is 11.4. The van der Waals surface area contributed by atoms with Crippen molar-refractivity contribution >= 4 is 57.2 Å². The van der Waals surface area contributed by atoms with E-state index in [1.807, 2.05) is 60.5 Å². The number of aromatic nitrogens is 3. The highest BCUT2D eigenvalue weighted by Gasteiger charge is 2.52. The third-order valence-electron chi connectivity index (χ3n) is 14.4. The summed E-state index contributed by atoms with van der Waals surface area (Å²) >= 11 is 0. The zero-order chi connectivity index (χ0) is 47.6. The Hall–Kier alpha value is -7.33. The van der Waals surface area contributed by atoms with E-state index in [9.17, 15) is 33.9 Å². The molecule has 2 N–H and O–H groups in total. The van der Waals surface area contributed by atoms with Gasteiger partial charge in [0.1, 0.15) is 23.2 Å². The Balaban J connectivity index is 0.871. The van der Waals surface area contributed by atoms with Gasteiger partial charge in [0, 0.05) is 79.3 Å². The Morgan fingerprint density at radius 1 is 0.838 bits per heavy atom. The molecule has 350 valence electrons. The van der Waals surface area contributed by atoms with Crippen LogP contribution in [-0.4, -0.2) is 121 Å². The van der Waals surface area contributed by atoms with Crippen LogP contribution in [0.2, 0.25) is 0 Å². The maximum Gasteiger partial charge on any atom is 0.352 e. The predicted octanol–water partition coefficient (Wildman–Crippen LogP) is 5.99. The van der Waals surface area contributed by atoms with Crippen LogP contribution in [0.3, 0.4) is 0 Å². The Labute approximate surface area is 392 Å². The van der Waals surface area contributed by atoms with Crippen LogP contribution in [0.5, 0.6) is 11.5 Å². The number of nitrogens with zero attached hydrogens (tertiary/aromatic N) is 6. The first-order chi connectivity index (χ1) is 32.8. The van der Waals surface area contributed by atoms with Crippen molar-refractivity contribution in [3.8, 4) is 22.6 Å². The Morgan fingerprint density at radius 2 is 1.60 bits per heavy atom. The van der Waals surface area contributed by atoms with Crippen molar-refractivity contribution in [3.63, 3.8) is 0 Å². The monoisotopic (exact) mass is 919 g/mol. The van der Waals surface area contributed by atoms with Gasteiger partial charge in [-0.25, -0.2) is 4.79 Å². The fourth-order valence-corrected chi connectivity index (χ4v) is 10.8. The molecule has 1 unspecified atom stereocenters. The molecule has 2 aromatic heterocycles. The maximum absolute atomic E-state index is 13.8. The average Bonchev–Trinajstić information content (AvgIpc) is 3.86. The smallest absolute Gasteiger partial charge is 0.352 e. The van der Waals surface area contributed by atoms with E-state index in [1.165, 1.54) is 12.1 Å². The molecular weight excluding hydrogens is 867 g/mol. The van der Waals surface area contributed by atoms with Crippen molar-refractivity contribution < 1.29 is 43.3 Å². The van der Waals surface area contributed by atoms with E-state index in [2.05, 4.69) is 41.4 Å². The van der Waals surface area contributed by atoms with Crippen molar-refractivity contribution in [2.75, 3.05) is 39.4 Å². The summed E-state index contributed by atoms with van der Waals surface area (Å²) < 4.78 is 16.2. The van der Waals surface area contributed by atoms with E-state index in [0.717, 1.165) is 78.8 Å². The van der Waals surface area contributed by atoms with Gasteiger partial charge in [0.05, 0.1) is 28.9 Å². The lowest BCUT2D eigenvalue weighted by molar-refractivity contribution is -0.137. The molecule has 1 spiro atoms. The summed E-state index contributed by atoms with van der Waals surface area (Å²) in [7, 11) is 1.92. The van der Waals surface area contributed by atoms with Crippen molar-refractivity contribution in [1.82, 2.24) is 34.4 Å². The van der Waals surface area contributed by atoms with E-state index in [-0.39, 0.29) is 53.5 Å². The molecule has 0 bridgehead atoms. The number of carboxylic acid groups (broad SMARTS) is 1. The first-order valence-electron chi connectivity index (χ1n) is 23.3. The summed E-state index contributed by atoms with van der Waals surface area (Å²) in [6.07, 6.45) is 2.86. The van der Waals surface area contributed by atoms with Crippen molar-refractivity contribution in [2.45, 2.75) is 77.4 Å². The number of hydrogen-bond acceptors (Lipinski definition) is 10. The van der Waals surface area contributed by atoms with Crippen LogP contribution in [0.1, 0.15) is 85.8 Å². The number of rotatable bonds is 14. The molecule has 6 aromatic rings. The Morgan fingerprint density at radius 3 is 2.35 bits per heavy atom. The second-order valence-corrected chi connectivity index (χ2v) is 18.5. The van der Waals surface area contributed by atoms with Crippen LogP contribution in [-0.2, 0) is 34.4 Å². The number of carboxylic acids is 1. The van der Waals surface area contributed by atoms with Crippen molar-refractivity contribution in [1.29, 1.82) is 0 Å². The number of ether oxygens (including phenoxy) is 2. The SMILES string of the molecule is Cc1ccc2c(CCCOc3cccc4ccccc34)c(C(=O)O)n(CCN3CCN(C(=O)COc4cccc5c4C(=O)N(C4CCC(=O)NC4=O)C5=O)CC34CC4)c2c1-c1c(C)nn(C)c1C. The number of piperidine rings is 1. The molecule has 16 nitrogen and oxygen atoms in total. The van der Waals surface area contributed by atoms with E-state index in [0.29, 0.717) is 52.2 Å². The first-order valence-corrected chi connectivity index (χ1v) is 23.3. The molecule has 5 amide bonds. The molecule has 4 aromatic carbocycles. The zero-order valence-corrected chi connectivity index (χ0v) is 38.6. The number of nitrogens with one attached hydrogen (secondary N) is 1. The molecule has 68 heavy (non-hydrogen) atoms. The van der Waals surface area contributed by atoms with Crippen LogP contribution in [0.4, 0.5) is 0 Å². The highest BCUT2D eigenvalue weighted by molar-refractivity contribution is 6.24. The molecular formula is C52H53N7O9. The van der Waals surface area contributed by atoms with E-state index in [1.54, 1.807) is 11.0 Å². The lowest BCUT2D eigenvalue weighted by Crippen LogP contribution is -2.57. The molecule has 4 aliphatic rings. The van der Waals surface area contributed by atoms with Gasteiger partial charge < -0.3 is 24.0 Å². The average molecular weight is 920 g/mol. The van der Waals surface area contributed by atoms with Gasteiger partial charge in [-0.05, 0) is 87.6 Å². The van der Waals surface area contributed by atoms with Crippen LogP contribution in [0.25, 0.3) is 32.8 Å². The number of carbonyl (C=O) groups is 6. The molecule has 3 fully saturated rings. The first kappa shape index (κ1) is 44.5. The molecule has 1 atom stereocenters.